The van der Waals surface area contributed by atoms with Crippen molar-refractivity contribution in [1.29, 1.82) is 0 Å². The average molecular weight is 475 g/mol. The molecule has 4 heterocycles. The zero-order chi connectivity index (χ0) is 24.4. The van der Waals surface area contributed by atoms with E-state index >= 15 is 0 Å². The predicted molar refractivity (Wildman–Crippen MR) is 128 cm³/mol. The van der Waals surface area contributed by atoms with Gasteiger partial charge in [0, 0.05) is 30.5 Å². The molecule has 2 amide bonds. The number of nitrogens with one attached hydrogen (secondary N) is 1. The highest BCUT2D eigenvalue weighted by atomic mass is 16.6. The highest BCUT2D eigenvalue weighted by Crippen LogP contribution is 2.29. The molecule has 1 N–H and O–H groups in total. The van der Waals surface area contributed by atoms with Crippen molar-refractivity contribution in [3.8, 4) is 11.4 Å². The quantitative estimate of drug-likeness (QED) is 0.398. The summed E-state index contributed by atoms with van der Waals surface area (Å²) in [4.78, 5) is 35.4. The fraction of sp³-hybridized carbons (Fsp3) is 0.320. The molecule has 1 saturated heterocycles. The molecule has 0 atom stereocenters. The molecule has 1 fully saturated rings. The minimum atomic E-state index is -0.306. The summed E-state index contributed by atoms with van der Waals surface area (Å²) >= 11 is 0. The number of benzene rings is 1. The topological polar surface area (TPSA) is 115 Å². The van der Waals surface area contributed by atoms with Crippen molar-refractivity contribution in [3.63, 3.8) is 0 Å². The number of amides is 2. The van der Waals surface area contributed by atoms with Gasteiger partial charge in [-0.3, -0.25) is 9.20 Å². The Labute approximate surface area is 201 Å². The Kier molecular flexibility index (Phi) is 6.17. The van der Waals surface area contributed by atoms with Crippen molar-refractivity contribution >= 4 is 23.3 Å². The van der Waals surface area contributed by atoms with Gasteiger partial charge in [0.25, 0.3) is 5.91 Å². The SMILES string of the molecule is CCCCOC(=O)N1CC(c2nc(-c3ccc(C)c(NC(=O)c4cnc5ccccn45)c3)no2)C1. The molecule has 0 radical (unpaired) electrons. The first-order chi connectivity index (χ1) is 17.0. The van der Waals surface area contributed by atoms with Gasteiger partial charge in [-0.15, -0.1) is 0 Å². The third-order valence-corrected chi connectivity index (χ3v) is 6.05. The molecule has 1 aromatic carbocycles. The van der Waals surface area contributed by atoms with Crippen LogP contribution in [0.1, 0.15) is 47.6 Å². The summed E-state index contributed by atoms with van der Waals surface area (Å²) in [5.41, 5.74) is 3.40. The molecule has 0 spiro atoms. The number of nitrogens with zero attached hydrogens (tertiary/aromatic N) is 5. The van der Waals surface area contributed by atoms with Gasteiger partial charge >= 0.3 is 6.09 Å². The Hall–Kier alpha value is -4.21. The van der Waals surface area contributed by atoms with E-state index in [1.54, 1.807) is 21.7 Å². The van der Waals surface area contributed by atoms with Crippen LogP contribution in [-0.2, 0) is 4.74 Å². The molecular weight excluding hydrogens is 448 g/mol. The van der Waals surface area contributed by atoms with E-state index in [2.05, 4.69) is 20.4 Å². The summed E-state index contributed by atoms with van der Waals surface area (Å²) in [6, 6.07) is 11.2. The second kappa shape index (κ2) is 9.57. The van der Waals surface area contributed by atoms with Crippen LogP contribution in [-0.4, -0.2) is 56.1 Å². The number of imidazole rings is 1. The van der Waals surface area contributed by atoms with Gasteiger partial charge < -0.3 is 19.5 Å². The maximum absolute atomic E-state index is 12.9. The summed E-state index contributed by atoms with van der Waals surface area (Å²) in [5, 5.41) is 7.08. The van der Waals surface area contributed by atoms with Gasteiger partial charge in [-0.05, 0) is 37.1 Å². The van der Waals surface area contributed by atoms with Gasteiger partial charge in [-0.25, -0.2) is 9.78 Å². The number of fused-ring (bicyclic) bond motifs is 1. The minimum absolute atomic E-state index is 0.0188. The van der Waals surface area contributed by atoms with E-state index in [-0.39, 0.29) is 17.9 Å². The van der Waals surface area contributed by atoms with Crippen molar-refractivity contribution in [1.82, 2.24) is 24.4 Å². The van der Waals surface area contributed by atoms with Crippen molar-refractivity contribution in [2.24, 2.45) is 0 Å². The molecule has 35 heavy (non-hydrogen) atoms. The maximum Gasteiger partial charge on any atom is 0.409 e. The van der Waals surface area contributed by atoms with E-state index in [0.29, 0.717) is 54.0 Å². The number of pyridine rings is 1. The molecule has 10 nitrogen and oxygen atoms in total. The first-order valence-corrected chi connectivity index (χ1v) is 11.6. The summed E-state index contributed by atoms with van der Waals surface area (Å²) in [6.45, 7) is 5.37. The lowest BCUT2D eigenvalue weighted by Crippen LogP contribution is -2.48. The molecular formula is C25H26N6O4. The zero-order valence-corrected chi connectivity index (χ0v) is 19.6. The monoisotopic (exact) mass is 474 g/mol. The molecule has 3 aromatic heterocycles. The van der Waals surface area contributed by atoms with Crippen LogP contribution in [0.3, 0.4) is 0 Å². The Morgan fingerprint density at radius 2 is 2.09 bits per heavy atom. The Balaban J connectivity index is 1.26. The van der Waals surface area contributed by atoms with Crippen molar-refractivity contribution < 1.29 is 18.8 Å². The number of unbranched alkanes of at least 4 members (excludes halogenated alkanes) is 1. The van der Waals surface area contributed by atoms with E-state index in [9.17, 15) is 9.59 Å². The number of carbonyl (C=O) groups excluding carboxylic acids is 2. The zero-order valence-electron chi connectivity index (χ0n) is 19.6. The molecule has 0 bridgehead atoms. The van der Waals surface area contributed by atoms with Crippen LogP contribution < -0.4 is 5.32 Å². The smallest absolute Gasteiger partial charge is 0.409 e. The highest BCUT2D eigenvalue weighted by Gasteiger charge is 2.36. The Bertz CT molecular complexity index is 1370. The van der Waals surface area contributed by atoms with Crippen LogP contribution in [0.25, 0.3) is 17.0 Å². The number of carbonyl (C=O) groups is 2. The van der Waals surface area contributed by atoms with Crippen molar-refractivity contribution in [2.75, 3.05) is 25.0 Å². The second-order valence-electron chi connectivity index (χ2n) is 8.58. The van der Waals surface area contributed by atoms with Crippen LogP contribution in [0.2, 0.25) is 0 Å². The lowest BCUT2D eigenvalue weighted by Gasteiger charge is -2.35. The van der Waals surface area contributed by atoms with Gasteiger partial charge in [0.1, 0.15) is 11.3 Å². The third-order valence-electron chi connectivity index (χ3n) is 6.05. The second-order valence-corrected chi connectivity index (χ2v) is 8.58. The summed E-state index contributed by atoms with van der Waals surface area (Å²) in [7, 11) is 0. The molecule has 1 aliphatic heterocycles. The normalized spacial score (nSPS) is 13.6. The molecule has 1 aliphatic rings. The lowest BCUT2D eigenvalue weighted by molar-refractivity contribution is 0.0644. The fourth-order valence-electron chi connectivity index (χ4n) is 3.88. The third kappa shape index (κ3) is 4.59. The predicted octanol–water partition coefficient (Wildman–Crippen LogP) is 4.28. The van der Waals surface area contributed by atoms with Crippen LogP contribution in [0.4, 0.5) is 10.5 Å². The van der Waals surface area contributed by atoms with Crippen molar-refractivity contribution in [3.05, 3.63) is 65.9 Å². The Morgan fingerprint density at radius 3 is 2.91 bits per heavy atom. The fourth-order valence-corrected chi connectivity index (χ4v) is 3.88. The van der Waals surface area contributed by atoms with Gasteiger partial charge in [0.05, 0.1) is 18.7 Å². The number of hydrogen-bond donors (Lipinski definition) is 1. The first-order valence-electron chi connectivity index (χ1n) is 11.6. The molecule has 4 aromatic rings. The number of rotatable bonds is 7. The lowest BCUT2D eigenvalue weighted by atomic mass is 10.0. The number of aromatic nitrogens is 4. The maximum atomic E-state index is 12.9. The molecule has 10 heteroatoms. The molecule has 0 saturated carbocycles. The number of likely N-dealkylation sites (tertiary alicyclic amines) is 1. The van der Waals surface area contributed by atoms with Crippen LogP contribution in [0.15, 0.2) is 53.3 Å². The van der Waals surface area contributed by atoms with Crippen LogP contribution >= 0.6 is 0 Å². The minimum Gasteiger partial charge on any atom is -0.449 e. The molecule has 180 valence electrons. The Morgan fingerprint density at radius 1 is 1.23 bits per heavy atom. The van der Waals surface area contributed by atoms with E-state index in [1.165, 1.54) is 0 Å². The number of ether oxygens (including phenoxy) is 1. The highest BCUT2D eigenvalue weighted by molar-refractivity contribution is 6.04. The van der Waals surface area contributed by atoms with Gasteiger partial charge in [0.2, 0.25) is 11.7 Å². The number of anilines is 1. The average Bonchev–Trinajstić information content (AvgIpc) is 3.47. The van der Waals surface area contributed by atoms with E-state index in [4.69, 9.17) is 9.26 Å². The molecule has 0 unspecified atom stereocenters. The molecule has 5 rings (SSSR count). The largest absolute Gasteiger partial charge is 0.449 e. The van der Waals surface area contributed by atoms with Crippen LogP contribution in [0.5, 0.6) is 0 Å². The standard InChI is InChI=1S/C25H26N6O4/c1-3-4-11-34-25(33)30-14-18(15-30)24-28-22(29-35-24)17-9-8-16(2)19(12-17)27-23(32)20-13-26-21-7-5-6-10-31(20)21/h5-10,12-13,18H,3-4,11,14-15H2,1-2H3,(H,27,32). The van der Waals surface area contributed by atoms with Crippen LogP contribution in [0, 0.1) is 6.92 Å². The molecule has 0 aliphatic carbocycles. The summed E-state index contributed by atoms with van der Waals surface area (Å²) < 4.78 is 12.4. The van der Waals surface area contributed by atoms with E-state index in [0.717, 1.165) is 18.4 Å². The first kappa shape index (κ1) is 22.6. The van der Waals surface area contributed by atoms with Gasteiger partial charge in [-0.2, -0.15) is 4.98 Å². The summed E-state index contributed by atoms with van der Waals surface area (Å²) in [6.07, 6.45) is 4.88. The van der Waals surface area contributed by atoms with E-state index in [1.807, 2.05) is 50.2 Å². The number of aryl methyl sites for hydroxylation is 1. The van der Waals surface area contributed by atoms with Crippen molar-refractivity contribution in [2.45, 2.75) is 32.6 Å². The van der Waals surface area contributed by atoms with Gasteiger partial charge in [0.15, 0.2) is 0 Å². The number of hydrogen-bond acceptors (Lipinski definition) is 7. The van der Waals surface area contributed by atoms with E-state index < -0.39 is 0 Å². The summed E-state index contributed by atoms with van der Waals surface area (Å²) in [5.74, 6) is 0.622. The van der Waals surface area contributed by atoms with Gasteiger partial charge in [-0.1, -0.05) is 36.7 Å².